The van der Waals surface area contributed by atoms with E-state index in [0.29, 0.717) is 0 Å². The van der Waals surface area contributed by atoms with Crippen LogP contribution in [0.4, 0.5) is 0 Å². The number of nitriles is 1. The molecule has 0 bridgehead atoms. The molecule has 0 unspecified atom stereocenters. The summed E-state index contributed by atoms with van der Waals surface area (Å²) in [7, 11) is 0. The van der Waals surface area contributed by atoms with E-state index in [4.69, 9.17) is 5.26 Å². The Balaban J connectivity index is -0.00000000500. The van der Waals surface area contributed by atoms with Gasteiger partial charge in [-0.3, -0.25) is 0 Å². The fourth-order valence-corrected chi connectivity index (χ4v) is 0. The monoisotopic (exact) mass is 266 g/mol. The first-order chi connectivity index (χ1) is 1.00. The van der Waals surface area contributed by atoms with Crippen molar-refractivity contribution in [3.63, 3.8) is 0 Å². The maximum atomic E-state index is 6.50. The van der Waals surface area contributed by atoms with Gasteiger partial charge in [0.25, 0.3) is 0 Å². The first-order valence-electron chi connectivity index (χ1n) is 0.258. The van der Waals surface area contributed by atoms with Crippen molar-refractivity contribution >= 4 is 37.7 Å². The Kier molecular flexibility index (Phi) is 110. The summed E-state index contributed by atoms with van der Waals surface area (Å²) >= 11 is 0. The second kappa shape index (κ2) is 24.6. The fourth-order valence-electron chi connectivity index (χ4n) is 0. The SMILES string of the molecule is C#N.[Au].[CaH2]. The van der Waals surface area contributed by atoms with Gasteiger partial charge in [-0.05, 0) is 0 Å². The van der Waals surface area contributed by atoms with Gasteiger partial charge in [0.05, 0.1) is 0 Å². The zero-order valence-electron chi connectivity index (χ0n) is 1.33. The molecule has 0 aromatic heterocycles. The van der Waals surface area contributed by atoms with Crippen LogP contribution < -0.4 is 0 Å². The van der Waals surface area contributed by atoms with Crippen molar-refractivity contribution in [3.05, 3.63) is 0 Å². The van der Waals surface area contributed by atoms with Crippen LogP contribution in [0.1, 0.15) is 0 Å². The van der Waals surface area contributed by atoms with Gasteiger partial charge in [-0.2, -0.15) is 0 Å². The van der Waals surface area contributed by atoms with Crippen LogP contribution in [-0.4, -0.2) is 37.7 Å². The Morgan fingerprint density at radius 3 is 1.25 bits per heavy atom. The number of hydrogen-bond acceptors (Lipinski definition) is 1. The standard InChI is InChI=1S/CHN.Au.Ca.2H/c1-2;;;;/h1H;;;;. The van der Waals surface area contributed by atoms with Crippen LogP contribution in [-0.2, 0) is 22.4 Å². The number of rotatable bonds is 0. The van der Waals surface area contributed by atoms with Crippen molar-refractivity contribution in [2.75, 3.05) is 0 Å². The number of hydrogen-bond donors (Lipinski definition) is 0. The van der Waals surface area contributed by atoms with Crippen molar-refractivity contribution in [1.82, 2.24) is 0 Å². The molecule has 4 heavy (non-hydrogen) atoms. The first-order valence-corrected chi connectivity index (χ1v) is 0.258. The molecule has 0 fully saturated rings. The molecule has 0 aromatic carbocycles. The predicted octanol–water partition coefficient (Wildman–Crippen LogP) is -0.779. The summed E-state index contributed by atoms with van der Waals surface area (Å²) in [4.78, 5) is 0. The van der Waals surface area contributed by atoms with Crippen LogP contribution in [0.3, 0.4) is 0 Å². The molecule has 0 saturated heterocycles. The second-order valence-corrected chi connectivity index (χ2v) is 0. The molecule has 0 atom stereocenters. The summed E-state index contributed by atoms with van der Waals surface area (Å²) in [6, 6.07) is 0. The average molecular weight is 266 g/mol. The Bertz CT molecular complexity index is 12.8. The normalized spacial score (nSPS) is 0.500. The van der Waals surface area contributed by atoms with Crippen LogP contribution in [0.25, 0.3) is 0 Å². The van der Waals surface area contributed by atoms with Crippen LogP contribution in [0, 0.1) is 11.8 Å². The third-order valence-corrected chi connectivity index (χ3v) is 0. The van der Waals surface area contributed by atoms with E-state index in [-0.39, 0.29) is 60.1 Å². The predicted molar refractivity (Wildman–Crippen MR) is 15.2 cm³/mol. The Hall–Kier alpha value is 1.49. The first kappa shape index (κ1) is 17.9. The molecule has 1 nitrogen and oxygen atoms in total. The molecule has 0 heterocycles. The van der Waals surface area contributed by atoms with E-state index in [1.165, 1.54) is 0 Å². The molecule has 0 aliphatic heterocycles. The molecule has 0 aliphatic rings. The van der Waals surface area contributed by atoms with Crippen LogP contribution >= 0.6 is 0 Å². The summed E-state index contributed by atoms with van der Waals surface area (Å²) in [5.74, 6) is 0. The Morgan fingerprint density at radius 2 is 1.25 bits per heavy atom. The molecule has 0 saturated carbocycles. The zero-order valence-corrected chi connectivity index (χ0v) is 3.49. The van der Waals surface area contributed by atoms with Crippen LogP contribution in [0.2, 0.25) is 0 Å². The Labute approximate surface area is 70.9 Å². The molecular formula is CH3AuCaN. The van der Waals surface area contributed by atoms with Crippen molar-refractivity contribution in [3.8, 4) is 6.57 Å². The van der Waals surface area contributed by atoms with Crippen molar-refractivity contribution in [2.24, 2.45) is 0 Å². The van der Waals surface area contributed by atoms with E-state index >= 15 is 0 Å². The molecule has 25 valence electrons. The van der Waals surface area contributed by atoms with E-state index in [0.717, 1.165) is 0 Å². The maximum absolute atomic E-state index is 6.50. The van der Waals surface area contributed by atoms with Gasteiger partial charge < -0.3 is 0 Å². The van der Waals surface area contributed by atoms with E-state index in [2.05, 4.69) is 6.57 Å². The van der Waals surface area contributed by atoms with Gasteiger partial charge in [0.2, 0.25) is 0 Å². The minimum absolute atomic E-state index is 0. The van der Waals surface area contributed by atoms with Crippen molar-refractivity contribution in [1.29, 1.82) is 5.26 Å². The second-order valence-electron chi connectivity index (χ2n) is 0. The topological polar surface area (TPSA) is 23.8 Å². The van der Waals surface area contributed by atoms with Gasteiger partial charge in [0.15, 0.2) is 0 Å². The van der Waals surface area contributed by atoms with E-state index in [9.17, 15) is 0 Å². The number of nitrogens with zero attached hydrogens (tertiary/aromatic N) is 1. The third kappa shape index (κ3) is 9.75. The molecule has 0 aliphatic carbocycles. The van der Waals surface area contributed by atoms with Gasteiger partial charge in [0, 0.05) is 29.0 Å². The zero-order chi connectivity index (χ0) is 2.00. The quantitative estimate of drug-likeness (QED) is 0.528. The van der Waals surface area contributed by atoms with Crippen molar-refractivity contribution < 1.29 is 22.4 Å². The minimum atomic E-state index is 0. The molecule has 0 spiro atoms. The molecule has 0 amide bonds. The summed E-state index contributed by atoms with van der Waals surface area (Å²) in [6.07, 6.45) is 0. The Morgan fingerprint density at radius 1 is 1.25 bits per heavy atom. The van der Waals surface area contributed by atoms with Crippen LogP contribution in [0.5, 0.6) is 0 Å². The van der Waals surface area contributed by atoms with E-state index < -0.39 is 0 Å². The summed E-state index contributed by atoms with van der Waals surface area (Å²) in [5.41, 5.74) is 0. The summed E-state index contributed by atoms with van der Waals surface area (Å²) in [6.45, 7) is 3.50. The molecule has 3 heteroatoms. The van der Waals surface area contributed by atoms with Crippen LogP contribution in [0.15, 0.2) is 0 Å². The van der Waals surface area contributed by atoms with Gasteiger partial charge in [0.1, 0.15) is 0 Å². The fraction of sp³-hybridized carbons (Fsp3) is 0. The van der Waals surface area contributed by atoms with Gasteiger partial charge in [-0.25, -0.2) is 5.26 Å². The van der Waals surface area contributed by atoms with E-state index in [1.807, 2.05) is 0 Å². The molecular weight excluding hydrogens is 263 g/mol. The molecule has 1 radical (unpaired) electrons. The molecule has 0 aromatic rings. The summed E-state index contributed by atoms with van der Waals surface area (Å²) < 4.78 is 0. The average Bonchev–Trinajstić information content (AvgIpc) is 1.00. The molecule has 0 rings (SSSR count). The van der Waals surface area contributed by atoms with Gasteiger partial charge in [-0.15, -0.1) is 0 Å². The molecule has 0 N–H and O–H groups in total. The van der Waals surface area contributed by atoms with Gasteiger partial charge in [-0.1, -0.05) is 0 Å². The van der Waals surface area contributed by atoms with Crippen molar-refractivity contribution in [2.45, 2.75) is 0 Å². The third-order valence-electron chi connectivity index (χ3n) is 0. The summed E-state index contributed by atoms with van der Waals surface area (Å²) in [5, 5.41) is 6.50. The van der Waals surface area contributed by atoms with E-state index in [1.54, 1.807) is 0 Å². The van der Waals surface area contributed by atoms with Gasteiger partial charge >= 0.3 is 37.7 Å².